The van der Waals surface area contributed by atoms with Crippen LogP contribution in [0.4, 0.5) is 0 Å². The molecule has 1 fully saturated rings. The average molecular weight is 473 g/mol. The van der Waals surface area contributed by atoms with Gasteiger partial charge in [0.15, 0.2) is 28.2 Å². The number of carbonyl (C=O) groups is 1. The number of rotatable bonds is 11. The topological polar surface area (TPSA) is 101 Å². The Bertz CT molecular complexity index is 1050. The summed E-state index contributed by atoms with van der Waals surface area (Å²) in [5.74, 6) is 2.75. The van der Waals surface area contributed by atoms with Crippen molar-refractivity contribution in [2.45, 2.75) is 44.1 Å². The van der Waals surface area contributed by atoms with Crippen LogP contribution in [-0.2, 0) is 22.6 Å². The summed E-state index contributed by atoms with van der Waals surface area (Å²) in [6.07, 6.45) is 3.83. The summed E-state index contributed by atoms with van der Waals surface area (Å²) in [6.45, 7) is 4.37. The molecule has 33 heavy (non-hydrogen) atoms. The predicted octanol–water partition coefficient (Wildman–Crippen LogP) is 3.53. The Balaban J connectivity index is 1.28. The second-order valence-corrected chi connectivity index (χ2v) is 8.47. The molecule has 0 bridgehead atoms. The first-order valence-corrected chi connectivity index (χ1v) is 11.9. The maximum absolute atomic E-state index is 12.4. The van der Waals surface area contributed by atoms with Crippen molar-refractivity contribution in [2.75, 3.05) is 26.1 Å². The highest BCUT2D eigenvalue weighted by Crippen LogP contribution is 2.29. The van der Waals surface area contributed by atoms with E-state index in [9.17, 15) is 4.79 Å². The Labute approximate surface area is 196 Å². The molecule has 0 spiro atoms. The third-order valence-corrected chi connectivity index (χ3v) is 6.24. The van der Waals surface area contributed by atoms with Gasteiger partial charge in [-0.3, -0.25) is 9.36 Å². The smallest absolute Gasteiger partial charge is 0.230 e. The number of amides is 1. The number of benzene rings is 1. The number of furan rings is 1. The highest BCUT2D eigenvalue weighted by Gasteiger charge is 2.18. The number of thioether (sulfide) groups is 1. The molecule has 0 aliphatic carbocycles. The second-order valence-electron chi connectivity index (χ2n) is 7.52. The van der Waals surface area contributed by atoms with Crippen molar-refractivity contribution in [3.8, 4) is 23.1 Å². The molecule has 2 aromatic heterocycles. The van der Waals surface area contributed by atoms with Crippen molar-refractivity contribution in [3.05, 3.63) is 42.2 Å². The van der Waals surface area contributed by atoms with Crippen LogP contribution in [0.25, 0.3) is 11.6 Å². The molecule has 1 unspecified atom stereocenters. The lowest BCUT2D eigenvalue weighted by atomic mass is 10.2. The van der Waals surface area contributed by atoms with Crippen molar-refractivity contribution < 1.29 is 23.4 Å². The van der Waals surface area contributed by atoms with Gasteiger partial charge >= 0.3 is 0 Å². The molecule has 3 heterocycles. The molecule has 10 heteroatoms. The Morgan fingerprint density at radius 3 is 2.94 bits per heavy atom. The SMILES string of the molecule is CCn1c(SCC(=O)NCc2ccc(OCC3CCCO3)c(OC)c2)nnc1-c1ccco1. The van der Waals surface area contributed by atoms with Crippen LogP contribution in [0.15, 0.2) is 46.2 Å². The Morgan fingerprint density at radius 1 is 1.30 bits per heavy atom. The van der Waals surface area contributed by atoms with Gasteiger partial charge in [-0.1, -0.05) is 17.8 Å². The molecule has 4 rings (SSSR count). The number of aromatic nitrogens is 3. The summed E-state index contributed by atoms with van der Waals surface area (Å²) < 4.78 is 24.3. The van der Waals surface area contributed by atoms with Crippen LogP contribution < -0.4 is 14.8 Å². The quantitative estimate of drug-likeness (QED) is 0.423. The highest BCUT2D eigenvalue weighted by molar-refractivity contribution is 7.99. The fourth-order valence-electron chi connectivity index (χ4n) is 3.55. The molecular formula is C23H28N4O5S. The molecule has 9 nitrogen and oxygen atoms in total. The fraction of sp³-hybridized carbons (Fsp3) is 0.435. The van der Waals surface area contributed by atoms with Gasteiger partial charge in [0.25, 0.3) is 0 Å². The van der Waals surface area contributed by atoms with Crippen LogP contribution in [0, 0.1) is 0 Å². The number of nitrogens with zero attached hydrogens (tertiary/aromatic N) is 3. The van der Waals surface area contributed by atoms with Gasteiger partial charge in [0.05, 0.1) is 25.2 Å². The minimum atomic E-state index is -0.0946. The van der Waals surface area contributed by atoms with E-state index in [0.717, 1.165) is 25.0 Å². The molecule has 1 aliphatic heterocycles. The van der Waals surface area contributed by atoms with E-state index in [2.05, 4.69) is 15.5 Å². The van der Waals surface area contributed by atoms with Gasteiger partial charge in [-0.2, -0.15) is 0 Å². The number of hydrogen-bond donors (Lipinski definition) is 1. The number of carbonyl (C=O) groups excluding carboxylic acids is 1. The predicted molar refractivity (Wildman–Crippen MR) is 123 cm³/mol. The maximum Gasteiger partial charge on any atom is 0.230 e. The lowest BCUT2D eigenvalue weighted by molar-refractivity contribution is -0.118. The van der Waals surface area contributed by atoms with E-state index in [1.165, 1.54) is 11.8 Å². The monoisotopic (exact) mass is 472 g/mol. The summed E-state index contributed by atoms with van der Waals surface area (Å²) >= 11 is 1.34. The molecule has 1 amide bonds. The Hall–Kier alpha value is -2.98. The molecule has 1 saturated heterocycles. The van der Waals surface area contributed by atoms with Gasteiger partial charge in [-0.25, -0.2) is 0 Å². The molecule has 1 aliphatic rings. The van der Waals surface area contributed by atoms with Crippen LogP contribution in [0.2, 0.25) is 0 Å². The molecule has 3 aromatic rings. The largest absolute Gasteiger partial charge is 0.493 e. The van der Waals surface area contributed by atoms with E-state index < -0.39 is 0 Å². The number of ether oxygens (including phenoxy) is 3. The second kappa shape index (κ2) is 11.2. The lowest BCUT2D eigenvalue weighted by Crippen LogP contribution is -2.24. The average Bonchev–Trinajstić information content (AvgIpc) is 3.61. The molecule has 0 radical (unpaired) electrons. The van der Waals surface area contributed by atoms with Gasteiger partial charge in [-0.15, -0.1) is 10.2 Å². The maximum atomic E-state index is 12.4. The summed E-state index contributed by atoms with van der Waals surface area (Å²) in [5.41, 5.74) is 0.923. The van der Waals surface area contributed by atoms with E-state index in [1.54, 1.807) is 13.4 Å². The minimum absolute atomic E-state index is 0.0946. The first kappa shape index (κ1) is 23.2. The van der Waals surface area contributed by atoms with Gasteiger partial charge < -0.3 is 23.9 Å². The van der Waals surface area contributed by atoms with E-state index in [4.69, 9.17) is 18.6 Å². The molecule has 1 atom stereocenters. The molecular weight excluding hydrogens is 444 g/mol. The van der Waals surface area contributed by atoms with Crippen molar-refractivity contribution in [3.63, 3.8) is 0 Å². The van der Waals surface area contributed by atoms with Crippen LogP contribution in [0.3, 0.4) is 0 Å². The molecule has 1 N–H and O–H groups in total. The van der Waals surface area contributed by atoms with Gasteiger partial charge in [0, 0.05) is 19.7 Å². The van der Waals surface area contributed by atoms with Crippen LogP contribution >= 0.6 is 11.8 Å². The number of hydrogen-bond acceptors (Lipinski definition) is 8. The van der Waals surface area contributed by atoms with Gasteiger partial charge in [0.2, 0.25) is 5.91 Å². The minimum Gasteiger partial charge on any atom is -0.493 e. The van der Waals surface area contributed by atoms with E-state index in [1.807, 2.05) is 41.8 Å². The third-order valence-electron chi connectivity index (χ3n) is 5.27. The molecule has 0 saturated carbocycles. The normalized spacial score (nSPS) is 15.5. The summed E-state index contributed by atoms with van der Waals surface area (Å²) in [5, 5.41) is 12.0. The summed E-state index contributed by atoms with van der Waals surface area (Å²) in [4.78, 5) is 12.4. The number of methoxy groups -OCH3 is 1. The van der Waals surface area contributed by atoms with Gasteiger partial charge in [0.1, 0.15) is 6.61 Å². The third kappa shape index (κ3) is 5.88. The van der Waals surface area contributed by atoms with Crippen LogP contribution in [0.5, 0.6) is 11.5 Å². The summed E-state index contributed by atoms with van der Waals surface area (Å²) in [7, 11) is 1.61. The molecule has 176 valence electrons. The molecule has 1 aromatic carbocycles. The zero-order valence-electron chi connectivity index (χ0n) is 18.8. The van der Waals surface area contributed by atoms with E-state index in [0.29, 0.717) is 47.9 Å². The van der Waals surface area contributed by atoms with Gasteiger partial charge in [-0.05, 0) is 49.6 Å². The zero-order chi connectivity index (χ0) is 23.0. The summed E-state index contributed by atoms with van der Waals surface area (Å²) in [6, 6.07) is 9.31. The fourth-order valence-corrected chi connectivity index (χ4v) is 4.38. The van der Waals surface area contributed by atoms with Crippen molar-refractivity contribution in [2.24, 2.45) is 0 Å². The first-order valence-electron chi connectivity index (χ1n) is 11.0. The zero-order valence-corrected chi connectivity index (χ0v) is 19.6. The van der Waals surface area contributed by atoms with Crippen LogP contribution in [-0.4, -0.2) is 52.9 Å². The standard InChI is InChI=1S/C23H28N4O5S/c1-3-27-22(19-7-5-11-31-19)25-26-23(27)33-15-21(28)24-13-16-8-9-18(20(12-16)29-2)32-14-17-6-4-10-30-17/h5,7-9,11-12,17H,3-4,6,10,13-15H2,1-2H3,(H,24,28). The van der Waals surface area contributed by atoms with Crippen LogP contribution in [0.1, 0.15) is 25.3 Å². The van der Waals surface area contributed by atoms with Crippen molar-refractivity contribution >= 4 is 17.7 Å². The van der Waals surface area contributed by atoms with Crippen molar-refractivity contribution in [1.29, 1.82) is 0 Å². The Morgan fingerprint density at radius 2 is 2.21 bits per heavy atom. The highest BCUT2D eigenvalue weighted by atomic mass is 32.2. The number of nitrogens with one attached hydrogen (secondary N) is 1. The van der Waals surface area contributed by atoms with E-state index >= 15 is 0 Å². The van der Waals surface area contributed by atoms with E-state index in [-0.39, 0.29) is 17.8 Å². The lowest BCUT2D eigenvalue weighted by Gasteiger charge is -2.15. The van der Waals surface area contributed by atoms with Crippen molar-refractivity contribution in [1.82, 2.24) is 20.1 Å². The Kier molecular flexibility index (Phi) is 7.90. The first-order chi connectivity index (χ1) is 16.2.